The maximum absolute atomic E-state index is 12.4. The van der Waals surface area contributed by atoms with Gasteiger partial charge in [-0.05, 0) is 64.3 Å². The maximum atomic E-state index is 12.4. The van der Waals surface area contributed by atoms with Gasteiger partial charge in [-0.3, -0.25) is 0 Å². The van der Waals surface area contributed by atoms with E-state index in [0.29, 0.717) is 18.6 Å². The fraction of sp³-hybridized carbons (Fsp3) is 0.632. The molecular formula is C19H29N3O2. The molecule has 2 N–H and O–H groups in total. The van der Waals surface area contributed by atoms with Gasteiger partial charge in [-0.25, -0.2) is 4.79 Å². The monoisotopic (exact) mass is 331 g/mol. The number of rotatable bonds is 3. The normalized spacial score (nSPS) is 23.5. The van der Waals surface area contributed by atoms with Crippen molar-refractivity contribution in [2.45, 2.75) is 57.7 Å². The van der Waals surface area contributed by atoms with Gasteiger partial charge in [-0.2, -0.15) is 0 Å². The fourth-order valence-corrected chi connectivity index (χ4v) is 3.80. The summed E-state index contributed by atoms with van der Waals surface area (Å²) in [6.07, 6.45) is 3.00. The number of hydrogen-bond acceptors (Lipinski definition) is 4. The van der Waals surface area contributed by atoms with E-state index in [-0.39, 0.29) is 6.09 Å². The van der Waals surface area contributed by atoms with Crippen LogP contribution >= 0.6 is 0 Å². The van der Waals surface area contributed by atoms with Crippen molar-refractivity contribution in [3.63, 3.8) is 0 Å². The van der Waals surface area contributed by atoms with Crippen LogP contribution < -0.4 is 10.6 Å². The first-order valence-electron chi connectivity index (χ1n) is 8.92. The number of ether oxygens (including phenoxy) is 1. The summed E-state index contributed by atoms with van der Waals surface area (Å²) in [5, 5.41) is 0. The molecule has 1 amide bonds. The highest BCUT2D eigenvalue weighted by atomic mass is 16.6. The number of hydrogen-bond donors (Lipinski definition) is 1. The van der Waals surface area contributed by atoms with Crippen LogP contribution in [0.25, 0.3) is 0 Å². The van der Waals surface area contributed by atoms with E-state index in [0.717, 1.165) is 32.4 Å². The van der Waals surface area contributed by atoms with Gasteiger partial charge in [0.1, 0.15) is 5.60 Å². The zero-order valence-electron chi connectivity index (χ0n) is 15.0. The van der Waals surface area contributed by atoms with E-state index in [2.05, 4.69) is 29.2 Å². The first kappa shape index (κ1) is 17.1. The number of fused-ring (bicyclic) bond motifs is 2. The summed E-state index contributed by atoms with van der Waals surface area (Å²) in [7, 11) is 0. The van der Waals surface area contributed by atoms with E-state index in [4.69, 9.17) is 10.5 Å². The second kappa shape index (κ2) is 6.63. The molecule has 0 spiro atoms. The van der Waals surface area contributed by atoms with Gasteiger partial charge in [0.15, 0.2) is 0 Å². The van der Waals surface area contributed by atoms with Gasteiger partial charge in [0, 0.05) is 30.9 Å². The molecule has 2 heterocycles. The molecule has 0 saturated carbocycles. The molecule has 2 unspecified atom stereocenters. The zero-order valence-corrected chi connectivity index (χ0v) is 15.0. The molecule has 3 rings (SSSR count). The minimum atomic E-state index is -0.438. The second-order valence-electron chi connectivity index (χ2n) is 7.88. The van der Waals surface area contributed by atoms with E-state index < -0.39 is 5.60 Å². The van der Waals surface area contributed by atoms with Crippen LogP contribution in [0.5, 0.6) is 0 Å². The molecule has 5 nitrogen and oxygen atoms in total. The van der Waals surface area contributed by atoms with Crippen molar-refractivity contribution in [3.8, 4) is 0 Å². The molecule has 1 aromatic rings. The lowest BCUT2D eigenvalue weighted by Gasteiger charge is -2.42. The Balaban J connectivity index is 1.68. The number of benzene rings is 1. The molecule has 0 aliphatic carbocycles. The standard InChI is InChI=1S/C19H29N3O2/c1-19(2,3)24-18(23)21-12-16-8-9-17(13-21)22(16)15-6-4-14(5-7-15)10-11-20/h4-7,16-17H,8-13,20H2,1-3H3. The van der Waals surface area contributed by atoms with Crippen LogP contribution in [0.2, 0.25) is 0 Å². The lowest BCUT2D eigenvalue weighted by Crippen LogP contribution is -2.56. The van der Waals surface area contributed by atoms with Crippen LogP contribution in [0.1, 0.15) is 39.2 Å². The van der Waals surface area contributed by atoms with Gasteiger partial charge < -0.3 is 20.3 Å². The fourth-order valence-electron chi connectivity index (χ4n) is 3.80. The molecule has 2 aliphatic rings. The third-order valence-corrected chi connectivity index (χ3v) is 4.80. The first-order chi connectivity index (χ1) is 11.4. The summed E-state index contributed by atoms with van der Waals surface area (Å²) in [6, 6.07) is 9.50. The highest BCUT2D eigenvalue weighted by molar-refractivity contribution is 5.69. The summed E-state index contributed by atoms with van der Waals surface area (Å²) in [4.78, 5) is 16.7. The molecule has 1 aromatic carbocycles. The van der Waals surface area contributed by atoms with Gasteiger partial charge in [0.2, 0.25) is 0 Å². The number of nitrogens with two attached hydrogens (primary N) is 1. The predicted molar refractivity (Wildman–Crippen MR) is 96.3 cm³/mol. The Hall–Kier alpha value is -1.75. The van der Waals surface area contributed by atoms with Crippen LogP contribution in [-0.2, 0) is 11.2 Å². The largest absolute Gasteiger partial charge is 0.444 e. The van der Waals surface area contributed by atoms with Gasteiger partial charge in [0.05, 0.1) is 0 Å². The van der Waals surface area contributed by atoms with Crippen molar-refractivity contribution in [1.82, 2.24) is 4.90 Å². The van der Waals surface area contributed by atoms with Gasteiger partial charge in [0.25, 0.3) is 0 Å². The number of likely N-dealkylation sites (tertiary alicyclic amines) is 1. The molecule has 2 aliphatic heterocycles. The highest BCUT2D eigenvalue weighted by Gasteiger charge is 2.42. The summed E-state index contributed by atoms with van der Waals surface area (Å²) >= 11 is 0. The van der Waals surface area contributed by atoms with Crippen LogP contribution in [0, 0.1) is 0 Å². The zero-order chi connectivity index (χ0) is 17.3. The van der Waals surface area contributed by atoms with Crippen molar-refractivity contribution in [3.05, 3.63) is 29.8 Å². The molecular weight excluding hydrogens is 302 g/mol. The number of nitrogens with zero attached hydrogens (tertiary/aromatic N) is 2. The molecule has 2 fully saturated rings. The van der Waals surface area contributed by atoms with Crippen LogP contribution in [-0.4, -0.2) is 48.3 Å². The molecule has 0 aromatic heterocycles. The van der Waals surface area contributed by atoms with Crippen molar-refractivity contribution in [1.29, 1.82) is 0 Å². The molecule has 5 heteroatoms. The lowest BCUT2D eigenvalue weighted by molar-refractivity contribution is 0.0209. The third-order valence-electron chi connectivity index (χ3n) is 4.80. The van der Waals surface area contributed by atoms with Crippen molar-refractivity contribution in [2.75, 3.05) is 24.5 Å². The maximum Gasteiger partial charge on any atom is 0.410 e. The summed E-state index contributed by atoms with van der Waals surface area (Å²) in [6.45, 7) is 7.92. The van der Waals surface area contributed by atoms with Gasteiger partial charge in [-0.1, -0.05) is 12.1 Å². The number of anilines is 1. The van der Waals surface area contributed by atoms with Crippen LogP contribution in [0.4, 0.5) is 10.5 Å². The first-order valence-corrected chi connectivity index (χ1v) is 8.92. The Morgan fingerprint density at radius 3 is 2.25 bits per heavy atom. The molecule has 2 bridgehead atoms. The smallest absolute Gasteiger partial charge is 0.410 e. The Morgan fingerprint density at radius 2 is 1.75 bits per heavy atom. The van der Waals surface area contributed by atoms with E-state index in [1.165, 1.54) is 11.3 Å². The number of piperazine rings is 1. The van der Waals surface area contributed by atoms with Gasteiger partial charge in [-0.15, -0.1) is 0 Å². The summed E-state index contributed by atoms with van der Waals surface area (Å²) in [5.41, 5.74) is 7.72. The summed E-state index contributed by atoms with van der Waals surface area (Å²) < 4.78 is 5.54. The van der Waals surface area contributed by atoms with Crippen LogP contribution in [0.3, 0.4) is 0 Å². The summed E-state index contributed by atoms with van der Waals surface area (Å²) in [5.74, 6) is 0. The Morgan fingerprint density at radius 1 is 1.17 bits per heavy atom. The average Bonchev–Trinajstić information content (AvgIpc) is 2.76. The van der Waals surface area contributed by atoms with E-state index in [9.17, 15) is 4.79 Å². The number of carbonyl (C=O) groups excluding carboxylic acids is 1. The van der Waals surface area contributed by atoms with Crippen molar-refractivity contribution < 1.29 is 9.53 Å². The second-order valence-corrected chi connectivity index (χ2v) is 7.88. The Bertz CT molecular complexity index is 565. The minimum Gasteiger partial charge on any atom is -0.444 e. The Labute approximate surface area is 144 Å². The minimum absolute atomic E-state index is 0.183. The third kappa shape index (κ3) is 3.66. The number of amides is 1. The van der Waals surface area contributed by atoms with E-state index >= 15 is 0 Å². The predicted octanol–water partition coefficient (Wildman–Crippen LogP) is 2.78. The van der Waals surface area contributed by atoms with E-state index in [1.807, 2.05) is 25.7 Å². The molecule has 24 heavy (non-hydrogen) atoms. The van der Waals surface area contributed by atoms with Crippen molar-refractivity contribution in [2.24, 2.45) is 5.73 Å². The Kier molecular flexibility index (Phi) is 4.72. The van der Waals surface area contributed by atoms with Crippen LogP contribution in [0.15, 0.2) is 24.3 Å². The topological polar surface area (TPSA) is 58.8 Å². The lowest BCUT2D eigenvalue weighted by atomic mass is 10.1. The quantitative estimate of drug-likeness (QED) is 0.925. The highest BCUT2D eigenvalue weighted by Crippen LogP contribution is 2.35. The molecule has 132 valence electrons. The number of carbonyl (C=O) groups is 1. The van der Waals surface area contributed by atoms with Crippen molar-refractivity contribution >= 4 is 11.8 Å². The van der Waals surface area contributed by atoms with E-state index in [1.54, 1.807) is 0 Å². The molecule has 2 atom stereocenters. The SMILES string of the molecule is CC(C)(C)OC(=O)N1CC2CCC(C1)N2c1ccc(CCN)cc1. The molecule has 2 saturated heterocycles. The molecule has 0 radical (unpaired) electrons. The van der Waals surface area contributed by atoms with Gasteiger partial charge >= 0.3 is 6.09 Å². The average molecular weight is 331 g/mol.